The van der Waals surface area contributed by atoms with Crippen molar-refractivity contribution in [3.63, 3.8) is 0 Å². The van der Waals surface area contributed by atoms with Crippen LogP contribution in [0.2, 0.25) is 5.02 Å². The van der Waals surface area contributed by atoms with Gasteiger partial charge in [0.05, 0.1) is 30.2 Å². The number of halogens is 4. The summed E-state index contributed by atoms with van der Waals surface area (Å²) in [7, 11) is 0. The van der Waals surface area contributed by atoms with E-state index in [1.807, 2.05) is 4.90 Å². The molecule has 1 fully saturated rings. The lowest BCUT2D eigenvalue weighted by molar-refractivity contribution is -0.112. The van der Waals surface area contributed by atoms with E-state index < -0.39 is 17.7 Å². The maximum absolute atomic E-state index is 13.4. The molecule has 2 aromatic carbocycles. The van der Waals surface area contributed by atoms with Crippen molar-refractivity contribution in [1.82, 2.24) is 0 Å². The number of anilines is 2. The van der Waals surface area contributed by atoms with Gasteiger partial charge >= 0.3 is 6.18 Å². The van der Waals surface area contributed by atoms with Crippen molar-refractivity contribution in [3.05, 3.63) is 65.2 Å². The molecule has 0 spiro atoms. The van der Waals surface area contributed by atoms with Crippen molar-refractivity contribution in [2.24, 2.45) is 0 Å². The first-order valence-electron chi connectivity index (χ1n) is 8.62. The molecular formula is C20H18ClF3N2O2. The number of benzene rings is 2. The maximum Gasteiger partial charge on any atom is 0.417 e. The Hall–Kier alpha value is -2.51. The van der Waals surface area contributed by atoms with Crippen LogP contribution in [-0.2, 0) is 9.53 Å². The Kier molecular flexibility index (Phi) is 6.26. The van der Waals surface area contributed by atoms with E-state index in [1.54, 1.807) is 18.2 Å². The van der Waals surface area contributed by atoms with Crippen molar-refractivity contribution in [2.45, 2.75) is 6.18 Å². The number of ether oxygens (including phenoxy) is 1. The topological polar surface area (TPSA) is 41.6 Å². The van der Waals surface area contributed by atoms with E-state index in [0.29, 0.717) is 48.8 Å². The van der Waals surface area contributed by atoms with Gasteiger partial charge < -0.3 is 15.0 Å². The smallest absolute Gasteiger partial charge is 0.378 e. The number of allylic oxidation sites excluding steroid dienone is 1. The molecule has 0 radical (unpaired) electrons. The highest BCUT2D eigenvalue weighted by molar-refractivity contribution is 6.31. The Labute approximate surface area is 165 Å². The number of amides is 1. The highest BCUT2D eigenvalue weighted by atomic mass is 35.5. The molecule has 1 amide bonds. The highest BCUT2D eigenvalue weighted by Crippen LogP contribution is 2.34. The van der Waals surface area contributed by atoms with Gasteiger partial charge in [-0.15, -0.1) is 0 Å². The van der Waals surface area contributed by atoms with Crippen LogP contribution in [-0.4, -0.2) is 38.4 Å². The van der Waals surface area contributed by atoms with Gasteiger partial charge in [0.25, 0.3) is 0 Å². The van der Waals surface area contributed by atoms with Crippen molar-refractivity contribution in [2.75, 3.05) is 36.5 Å². The van der Waals surface area contributed by atoms with Gasteiger partial charge in [-0.25, -0.2) is 0 Å². The van der Waals surface area contributed by atoms with E-state index in [4.69, 9.17) is 16.3 Å². The molecule has 0 bridgehead atoms. The summed E-state index contributed by atoms with van der Waals surface area (Å²) in [5.74, 6) is -0.882. The van der Waals surface area contributed by atoms with Crippen molar-refractivity contribution < 1.29 is 22.7 Å². The van der Waals surface area contributed by atoms with E-state index in [2.05, 4.69) is 5.32 Å². The largest absolute Gasteiger partial charge is 0.417 e. The normalized spacial score (nSPS) is 15.4. The number of nitrogens with one attached hydrogen (secondary N) is 1. The molecule has 1 N–H and O–H groups in total. The Balaban J connectivity index is 1.89. The molecule has 2 aromatic rings. The van der Waals surface area contributed by atoms with Crippen LogP contribution in [0.15, 0.2) is 54.6 Å². The van der Waals surface area contributed by atoms with Crippen LogP contribution in [0.5, 0.6) is 0 Å². The summed E-state index contributed by atoms with van der Waals surface area (Å²) in [6, 6.07) is 12.1. The molecule has 3 rings (SSSR count). The molecule has 28 heavy (non-hydrogen) atoms. The van der Waals surface area contributed by atoms with E-state index in [-0.39, 0.29) is 5.56 Å². The minimum absolute atomic E-state index is 0.0790. The SMILES string of the molecule is O=C(C=C(c1ccccc1)C(F)(F)F)Nc1cc(Cl)ccc1N1CCOCC1. The molecule has 1 aliphatic rings. The summed E-state index contributed by atoms with van der Waals surface area (Å²) < 4.78 is 45.7. The third-order valence-electron chi connectivity index (χ3n) is 4.23. The molecule has 1 saturated heterocycles. The molecule has 4 nitrogen and oxygen atoms in total. The van der Waals surface area contributed by atoms with Gasteiger partial charge in [0.2, 0.25) is 5.91 Å². The number of hydrogen-bond donors (Lipinski definition) is 1. The zero-order chi connectivity index (χ0) is 20.1. The predicted octanol–water partition coefficient (Wildman–Crippen LogP) is 4.76. The summed E-state index contributed by atoms with van der Waals surface area (Å²) in [6.07, 6.45) is -4.10. The molecule has 0 atom stereocenters. The second-order valence-electron chi connectivity index (χ2n) is 6.17. The quantitative estimate of drug-likeness (QED) is 0.739. The van der Waals surface area contributed by atoms with Crippen LogP contribution in [0.3, 0.4) is 0 Å². The average Bonchev–Trinajstić information content (AvgIpc) is 2.67. The van der Waals surface area contributed by atoms with Crippen LogP contribution in [0, 0.1) is 0 Å². The van der Waals surface area contributed by atoms with E-state index in [9.17, 15) is 18.0 Å². The number of carbonyl (C=O) groups excluding carboxylic acids is 1. The summed E-state index contributed by atoms with van der Waals surface area (Å²) in [6.45, 7) is 2.28. The second kappa shape index (κ2) is 8.67. The molecule has 8 heteroatoms. The van der Waals surface area contributed by atoms with Crippen LogP contribution < -0.4 is 10.2 Å². The first kappa shape index (κ1) is 20.2. The van der Waals surface area contributed by atoms with Gasteiger partial charge in [-0.1, -0.05) is 41.9 Å². The van der Waals surface area contributed by atoms with Gasteiger partial charge in [0.15, 0.2) is 0 Å². The lowest BCUT2D eigenvalue weighted by Crippen LogP contribution is -2.36. The number of carbonyl (C=O) groups is 1. The monoisotopic (exact) mass is 410 g/mol. The van der Waals surface area contributed by atoms with E-state index in [0.717, 1.165) is 0 Å². The molecule has 0 aromatic heterocycles. The van der Waals surface area contributed by atoms with Crippen LogP contribution in [0.25, 0.3) is 5.57 Å². The summed E-state index contributed by atoms with van der Waals surface area (Å²) in [4.78, 5) is 14.4. The predicted molar refractivity (Wildman–Crippen MR) is 104 cm³/mol. The Morgan fingerprint density at radius 2 is 1.79 bits per heavy atom. The number of morpholine rings is 1. The third kappa shape index (κ3) is 5.05. The van der Waals surface area contributed by atoms with E-state index >= 15 is 0 Å². The first-order valence-corrected chi connectivity index (χ1v) is 9.00. The summed E-state index contributed by atoms with van der Waals surface area (Å²) in [5, 5.41) is 2.91. The van der Waals surface area contributed by atoms with E-state index in [1.165, 1.54) is 30.3 Å². The molecule has 1 heterocycles. The Bertz CT molecular complexity index is 863. The van der Waals surface area contributed by atoms with Gasteiger partial charge in [0.1, 0.15) is 0 Å². The zero-order valence-corrected chi connectivity index (χ0v) is 15.6. The van der Waals surface area contributed by atoms with Crippen molar-refractivity contribution in [3.8, 4) is 0 Å². The van der Waals surface area contributed by atoms with Crippen molar-refractivity contribution in [1.29, 1.82) is 0 Å². The van der Waals surface area contributed by atoms with Gasteiger partial charge in [-0.2, -0.15) is 13.2 Å². The lowest BCUT2D eigenvalue weighted by Gasteiger charge is -2.30. The zero-order valence-electron chi connectivity index (χ0n) is 14.8. The fraction of sp³-hybridized carbons (Fsp3) is 0.250. The molecule has 0 saturated carbocycles. The first-order chi connectivity index (χ1) is 13.3. The van der Waals surface area contributed by atoms with Gasteiger partial charge in [0, 0.05) is 24.2 Å². The standard InChI is InChI=1S/C20H18ClF3N2O2/c21-15-6-7-18(26-8-10-28-11-9-26)17(12-15)25-19(27)13-16(20(22,23)24)14-4-2-1-3-5-14/h1-7,12-13H,8-11H2,(H,25,27). The molecule has 1 aliphatic heterocycles. The fourth-order valence-corrected chi connectivity index (χ4v) is 3.11. The molecule has 0 unspecified atom stereocenters. The average molecular weight is 411 g/mol. The van der Waals surface area contributed by atoms with Crippen LogP contribution >= 0.6 is 11.6 Å². The summed E-state index contributed by atoms with van der Waals surface area (Å²) >= 11 is 6.02. The highest BCUT2D eigenvalue weighted by Gasteiger charge is 2.35. The van der Waals surface area contributed by atoms with Crippen molar-refractivity contribution >= 4 is 34.5 Å². The minimum Gasteiger partial charge on any atom is -0.378 e. The van der Waals surface area contributed by atoms with Crippen LogP contribution in [0.1, 0.15) is 5.56 Å². The molecular weight excluding hydrogens is 393 g/mol. The number of rotatable bonds is 4. The molecule has 148 valence electrons. The van der Waals surface area contributed by atoms with Gasteiger partial charge in [-0.3, -0.25) is 4.79 Å². The Morgan fingerprint density at radius 1 is 1.11 bits per heavy atom. The van der Waals surface area contributed by atoms with Crippen LogP contribution in [0.4, 0.5) is 24.5 Å². The lowest BCUT2D eigenvalue weighted by atomic mass is 10.1. The van der Waals surface area contributed by atoms with Gasteiger partial charge in [-0.05, 0) is 23.8 Å². The summed E-state index contributed by atoms with van der Waals surface area (Å²) in [5.41, 5.74) is -0.0573. The molecule has 0 aliphatic carbocycles. The maximum atomic E-state index is 13.4. The number of hydrogen-bond acceptors (Lipinski definition) is 3. The minimum atomic E-state index is -4.67. The number of alkyl halides is 3. The second-order valence-corrected chi connectivity index (χ2v) is 6.61. The fourth-order valence-electron chi connectivity index (χ4n) is 2.93. The number of nitrogens with zero attached hydrogens (tertiary/aromatic N) is 1. The Morgan fingerprint density at radius 3 is 2.43 bits per heavy atom. The third-order valence-corrected chi connectivity index (χ3v) is 4.47.